The van der Waals surface area contributed by atoms with Crippen molar-refractivity contribution in [2.75, 3.05) is 6.61 Å². The van der Waals surface area contributed by atoms with Crippen LogP contribution >= 0.6 is 0 Å². The van der Waals surface area contributed by atoms with Crippen LogP contribution in [-0.4, -0.2) is 40.2 Å². The second kappa shape index (κ2) is 10.0. The number of hydrogen-bond acceptors (Lipinski definition) is 2. The standard InChI is InChI=1S/C6H9O3.3C6H11.Sn/c7-6(8)5-1-3-9-4-2-5;3*1-2-4-6-5-3-1;/h3,5H,1-2,4H2,(H,7,8);3*1H,2-6H2;. The van der Waals surface area contributed by atoms with Crippen LogP contribution in [0, 0.1) is 5.92 Å². The van der Waals surface area contributed by atoms with Crippen molar-refractivity contribution in [1.82, 2.24) is 0 Å². The van der Waals surface area contributed by atoms with Gasteiger partial charge in [0.1, 0.15) is 0 Å². The topological polar surface area (TPSA) is 46.5 Å². The van der Waals surface area contributed by atoms with E-state index in [0.29, 0.717) is 10.7 Å². The molecule has 0 bridgehead atoms. The Kier molecular flexibility index (Phi) is 7.68. The summed E-state index contributed by atoms with van der Waals surface area (Å²) in [7, 11) is 0. The number of carbonyl (C=O) groups is 1. The van der Waals surface area contributed by atoms with Crippen LogP contribution in [-0.2, 0) is 9.53 Å². The van der Waals surface area contributed by atoms with E-state index in [1.54, 1.807) is 0 Å². The molecule has 0 aromatic carbocycles. The molecule has 4 fully saturated rings. The predicted octanol–water partition coefficient (Wildman–Crippen LogP) is 6.86. The third-order valence-corrected chi connectivity index (χ3v) is 30.5. The number of carboxylic acids is 1. The van der Waals surface area contributed by atoms with Crippen LogP contribution in [0.3, 0.4) is 0 Å². The summed E-state index contributed by atoms with van der Waals surface area (Å²) in [5.41, 5.74) is 0. The summed E-state index contributed by atoms with van der Waals surface area (Å²) in [6.07, 6.45) is 23.2. The Bertz CT molecular complexity index is 458. The van der Waals surface area contributed by atoms with Gasteiger partial charge in [0.15, 0.2) is 0 Å². The molecule has 2 unspecified atom stereocenters. The van der Waals surface area contributed by atoms with Crippen molar-refractivity contribution in [3.8, 4) is 0 Å². The van der Waals surface area contributed by atoms with E-state index in [9.17, 15) is 9.90 Å². The van der Waals surface area contributed by atoms with Gasteiger partial charge in [0.2, 0.25) is 0 Å². The maximum absolute atomic E-state index is 11.9. The van der Waals surface area contributed by atoms with Crippen LogP contribution in [0.4, 0.5) is 0 Å². The molecule has 2 atom stereocenters. The Morgan fingerprint density at radius 1 is 0.679 bits per heavy atom. The zero-order chi connectivity index (χ0) is 19.4. The summed E-state index contributed by atoms with van der Waals surface area (Å²) in [6.45, 7) is 0.715. The molecule has 1 saturated heterocycles. The van der Waals surface area contributed by atoms with Gasteiger partial charge in [-0.25, -0.2) is 0 Å². The fourth-order valence-electron chi connectivity index (χ4n) is 7.97. The van der Waals surface area contributed by atoms with Gasteiger partial charge in [0.25, 0.3) is 0 Å². The molecule has 1 heterocycles. The van der Waals surface area contributed by atoms with E-state index in [0.717, 1.165) is 24.6 Å². The molecule has 0 radical (unpaired) electrons. The molecule has 3 nitrogen and oxygen atoms in total. The number of aliphatic carboxylic acids is 1. The van der Waals surface area contributed by atoms with Crippen molar-refractivity contribution in [3.05, 3.63) is 0 Å². The van der Waals surface area contributed by atoms with Crippen molar-refractivity contribution in [2.45, 2.75) is 125 Å². The normalized spacial score (nSPS) is 32.3. The van der Waals surface area contributed by atoms with Crippen molar-refractivity contribution >= 4 is 24.3 Å². The first kappa shape index (κ1) is 21.5. The summed E-state index contributed by atoms with van der Waals surface area (Å²) in [5.74, 6) is -0.685. The first-order chi connectivity index (χ1) is 13.7. The third kappa shape index (κ3) is 4.31. The summed E-state index contributed by atoms with van der Waals surface area (Å²) in [5, 5.41) is 9.82. The second-order valence-corrected chi connectivity index (χ2v) is 25.0. The van der Waals surface area contributed by atoms with Gasteiger partial charge in [0.05, 0.1) is 0 Å². The monoisotopic (exact) mass is 498 g/mol. The average molecular weight is 497 g/mol. The van der Waals surface area contributed by atoms with Crippen molar-refractivity contribution in [2.24, 2.45) is 5.92 Å². The molecule has 0 aromatic heterocycles. The molecule has 3 aliphatic carbocycles. The molecule has 4 heteroatoms. The summed E-state index contributed by atoms with van der Waals surface area (Å²) in [4.78, 5) is 11.9. The van der Waals surface area contributed by atoms with Crippen LogP contribution in [0.15, 0.2) is 0 Å². The predicted molar refractivity (Wildman–Crippen MR) is 116 cm³/mol. The molecule has 4 rings (SSSR count). The average Bonchev–Trinajstić information content (AvgIpc) is 2.77. The Balaban J connectivity index is 1.72. The molecule has 1 N–H and O–H groups in total. The van der Waals surface area contributed by atoms with Gasteiger partial charge in [-0.3, -0.25) is 0 Å². The Hall–Kier alpha value is 0.229. The Morgan fingerprint density at radius 3 is 1.50 bits per heavy atom. The molecule has 0 spiro atoms. The minimum absolute atomic E-state index is 0.134. The van der Waals surface area contributed by atoms with Gasteiger partial charge in [-0.1, -0.05) is 0 Å². The maximum atomic E-state index is 11.9. The molecule has 160 valence electrons. The SMILES string of the molecule is O=C(O)C1CCO[CH]([Sn]([CH]2CCCCC2)([CH]2CCCCC2)[CH]2CCCCC2)C1. The summed E-state index contributed by atoms with van der Waals surface area (Å²) >= 11 is -2.80. The molecule has 28 heavy (non-hydrogen) atoms. The fourth-order valence-corrected chi connectivity index (χ4v) is 33.4. The quantitative estimate of drug-likeness (QED) is 0.423. The molecule has 1 aliphatic heterocycles. The van der Waals surface area contributed by atoms with Crippen molar-refractivity contribution in [1.29, 1.82) is 0 Å². The van der Waals surface area contributed by atoms with Crippen LogP contribution in [0.1, 0.15) is 109 Å². The zero-order valence-electron chi connectivity index (χ0n) is 17.9. The van der Waals surface area contributed by atoms with Crippen LogP contribution in [0.5, 0.6) is 0 Å². The number of carboxylic acid groups (broad SMARTS) is 1. The van der Waals surface area contributed by atoms with Crippen LogP contribution < -0.4 is 0 Å². The van der Waals surface area contributed by atoms with Crippen molar-refractivity contribution in [3.63, 3.8) is 0 Å². The van der Waals surface area contributed by atoms with Crippen molar-refractivity contribution < 1.29 is 14.6 Å². The van der Waals surface area contributed by atoms with Gasteiger partial charge in [0, 0.05) is 0 Å². The number of hydrogen-bond donors (Lipinski definition) is 1. The van der Waals surface area contributed by atoms with E-state index in [1.807, 2.05) is 0 Å². The van der Waals surface area contributed by atoms with E-state index in [-0.39, 0.29) is 5.92 Å². The third-order valence-electron chi connectivity index (χ3n) is 9.13. The molecular weight excluding hydrogens is 455 g/mol. The Labute approximate surface area is 176 Å². The van der Waals surface area contributed by atoms with Crippen LogP contribution in [0.25, 0.3) is 0 Å². The summed E-state index contributed by atoms with van der Waals surface area (Å²) < 4.78 is 10.1. The molecule has 0 aromatic rings. The van der Waals surface area contributed by atoms with E-state index in [1.165, 1.54) is 96.3 Å². The molecule has 3 saturated carbocycles. The fraction of sp³-hybridized carbons (Fsp3) is 0.958. The molecule has 0 amide bonds. The van der Waals surface area contributed by atoms with Gasteiger partial charge in [-0.2, -0.15) is 0 Å². The first-order valence-electron chi connectivity index (χ1n) is 12.6. The van der Waals surface area contributed by atoms with E-state index in [2.05, 4.69) is 0 Å². The molecule has 4 aliphatic rings. The zero-order valence-corrected chi connectivity index (χ0v) is 20.7. The molecular formula is C24H42O3Sn. The van der Waals surface area contributed by atoms with E-state index < -0.39 is 24.3 Å². The van der Waals surface area contributed by atoms with Gasteiger partial charge >= 0.3 is 177 Å². The van der Waals surface area contributed by atoms with Gasteiger partial charge in [-0.05, 0) is 0 Å². The van der Waals surface area contributed by atoms with Gasteiger partial charge < -0.3 is 0 Å². The summed E-state index contributed by atoms with van der Waals surface area (Å²) in [6, 6.07) is 0. The van der Waals surface area contributed by atoms with Crippen LogP contribution in [0.2, 0.25) is 11.8 Å². The first-order valence-corrected chi connectivity index (χ1v) is 19.2. The Morgan fingerprint density at radius 2 is 1.11 bits per heavy atom. The second-order valence-electron chi connectivity index (χ2n) is 10.4. The number of rotatable bonds is 5. The number of ether oxygens (including phenoxy) is 1. The minimum atomic E-state index is -2.80. The van der Waals surface area contributed by atoms with Gasteiger partial charge in [-0.15, -0.1) is 0 Å². The van der Waals surface area contributed by atoms with E-state index in [4.69, 9.17) is 4.74 Å². The van der Waals surface area contributed by atoms with E-state index >= 15 is 0 Å².